The lowest BCUT2D eigenvalue weighted by Gasteiger charge is -2.04. The highest BCUT2D eigenvalue weighted by Gasteiger charge is 2.17. The van der Waals surface area contributed by atoms with Gasteiger partial charge in [0, 0.05) is 31.0 Å². The van der Waals surface area contributed by atoms with E-state index < -0.39 is 10.9 Å². The second-order valence-corrected chi connectivity index (χ2v) is 7.47. The summed E-state index contributed by atoms with van der Waals surface area (Å²) in [5, 5.41) is 10.7. The highest BCUT2D eigenvalue weighted by molar-refractivity contribution is 7.09. The molecule has 0 amide bonds. The topological polar surface area (TPSA) is 73.3 Å². The maximum absolute atomic E-state index is 12.1. The van der Waals surface area contributed by atoms with E-state index in [9.17, 15) is 14.9 Å². The zero-order valence-electron chi connectivity index (χ0n) is 16.1. The molecule has 0 saturated carbocycles. The van der Waals surface area contributed by atoms with Crippen LogP contribution in [0.15, 0.2) is 54.0 Å². The van der Waals surface area contributed by atoms with Crippen LogP contribution in [0, 0.1) is 24.0 Å². The molecule has 6 nitrogen and oxygen atoms in total. The van der Waals surface area contributed by atoms with E-state index in [1.807, 2.05) is 0 Å². The minimum Gasteiger partial charge on any atom is -1.00 e. The number of hydrogen-bond donors (Lipinski definition) is 0. The third kappa shape index (κ3) is 5.85. The summed E-state index contributed by atoms with van der Waals surface area (Å²) in [7, 11) is 0. The molecule has 0 bridgehead atoms. The number of ether oxygens (including phenoxy) is 1. The van der Waals surface area contributed by atoms with Crippen LogP contribution in [-0.4, -0.2) is 17.5 Å². The fourth-order valence-corrected chi connectivity index (χ4v) is 3.75. The lowest BCUT2D eigenvalue weighted by atomic mass is 10.1. The molecule has 0 N–H and O–H groups in total. The molecule has 0 saturated heterocycles. The van der Waals surface area contributed by atoms with Gasteiger partial charge in [-0.1, -0.05) is 41.2 Å². The van der Waals surface area contributed by atoms with Gasteiger partial charge in [0.1, 0.15) is 0 Å². The molecule has 0 atom stereocenters. The monoisotopic (exact) mass is 432 g/mol. The number of aryl methyl sites for hydroxylation is 1. The normalized spacial score (nSPS) is 10.3. The largest absolute Gasteiger partial charge is 1.00 e. The van der Waals surface area contributed by atoms with Gasteiger partial charge in [-0.15, -0.1) is 0 Å². The van der Waals surface area contributed by atoms with Crippen LogP contribution in [0.4, 0.5) is 5.69 Å². The number of non-ortho nitro benzene ring substituents is 1. The Bertz CT molecular complexity index is 985. The van der Waals surface area contributed by atoms with Gasteiger partial charge in [0.2, 0.25) is 5.51 Å². The molecule has 0 aliphatic heterocycles. The lowest BCUT2D eigenvalue weighted by molar-refractivity contribution is -0.689. The zero-order valence-corrected chi connectivity index (χ0v) is 17.7. The van der Waals surface area contributed by atoms with Gasteiger partial charge in [0.05, 0.1) is 22.0 Å². The van der Waals surface area contributed by atoms with Crippen LogP contribution in [0.1, 0.15) is 32.1 Å². The Kier molecular flexibility index (Phi) is 7.87. The maximum Gasteiger partial charge on any atom is 0.338 e. The van der Waals surface area contributed by atoms with Gasteiger partial charge in [0.15, 0.2) is 12.2 Å². The Labute approximate surface area is 179 Å². The Hall–Kier alpha value is -2.77. The molecule has 152 valence electrons. The number of carbonyl (C=O) groups excluding carboxylic acids is 1. The number of nitro groups is 1. The number of rotatable bonds is 7. The average molecular weight is 433 g/mol. The van der Waals surface area contributed by atoms with Gasteiger partial charge < -0.3 is 17.1 Å². The predicted octanol–water partition coefficient (Wildman–Crippen LogP) is 1.01. The molecule has 0 aliphatic rings. The molecule has 0 unspecified atom stereocenters. The fraction of sp³-hybridized carbons (Fsp3) is 0.238. The first-order chi connectivity index (χ1) is 13.4. The average Bonchev–Trinajstić information content (AvgIpc) is 3.03. The summed E-state index contributed by atoms with van der Waals surface area (Å²) in [5.74, 6) is -0.475. The number of thiazole rings is 1. The first-order valence-electron chi connectivity index (χ1n) is 8.87. The molecule has 0 spiro atoms. The van der Waals surface area contributed by atoms with E-state index in [-0.39, 0.29) is 24.7 Å². The van der Waals surface area contributed by atoms with Gasteiger partial charge in [0.25, 0.3) is 5.69 Å². The van der Waals surface area contributed by atoms with Crippen molar-refractivity contribution in [1.29, 1.82) is 0 Å². The van der Waals surface area contributed by atoms with Crippen molar-refractivity contribution in [2.45, 2.75) is 26.8 Å². The lowest BCUT2D eigenvalue weighted by Crippen LogP contribution is -3.00. The summed E-state index contributed by atoms with van der Waals surface area (Å²) in [6.07, 6.45) is 0.635. The van der Waals surface area contributed by atoms with E-state index in [4.69, 9.17) is 4.74 Å². The molecule has 29 heavy (non-hydrogen) atoms. The number of esters is 1. The summed E-state index contributed by atoms with van der Waals surface area (Å²) in [4.78, 5) is 23.4. The molecule has 2 aromatic carbocycles. The quantitative estimate of drug-likeness (QED) is 0.242. The van der Waals surface area contributed by atoms with Crippen molar-refractivity contribution in [3.8, 4) is 0 Å². The van der Waals surface area contributed by atoms with Crippen molar-refractivity contribution in [3.63, 3.8) is 0 Å². The smallest absolute Gasteiger partial charge is 0.338 e. The number of hydrogen-bond acceptors (Lipinski definition) is 5. The van der Waals surface area contributed by atoms with Crippen molar-refractivity contribution in [2.75, 3.05) is 6.61 Å². The molecular weight excluding hydrogens is 412 g/mol. The third-order valence-electron chi connectivity index (χ3n) is 4.51. The number of nitrogens with zero attached hydrogens (tertiary/aromatic N) is 2. The predicted molar refractivity (Wildman–Crippen MR) is 107 cm³/mol. The second kappa shape index (κ2) is 10.1. The van der Waals surface area contributed by atoms with E-state index >= 15 is 0 Å². The van der Waals surface area contributed by atoms with Crippen LogP contribution in [0.3, 0.4) is 0 Å². The minimum absolute atomic E-state index is 0. The van der Waals surface area contributed by atoms with Crippen molar-refractivity contribution >= 4 is 23.0 Å². The molecule has 1 aromatic heterocycles. The summed E-state index contributed by atoms with van der Waals surface area (Å²) in [6, 6.07) is 13.9. The number of carbonyl (C=O) groups is 1. The standard InChI is InChI=1S/C21H21N2O4S.ClH/c1-15-3-5-17(6-4-15)13-22-14-28-20(16(22)2)11-12-27-21(24)18-7-9-19(10-8-18)23(25)26;/h3-10,14H,11-13H2,1-2H3;1H/q+1;/p-1. The summed E-state index contributed by atoms with van der Waals surface area (Å²) < 4.78 is 7.51. The van der Waals surface area contributed by atoms with Crippen LogP contribution in [0.25, 0.3) is 0 Å². The van der Waals surface area contributed by atoms with E-state index in [1.54, 1.807) is 11.3 Å². The van der Waals surface area contributed by atoms with Gasteiger partial charge in [-0.05, 0) is 19.1 Å². The Morgan fingerprint density at radius 1 is 1.10 bits per heavy atom. The highest BCUT2D eigenvalue weighted by Crippen LogP contribution is 2.15. The molecular formula is C21H21ClN2O4S. The molecule has 0 fully saturated rings. The van der Waals surface area contributed by atoms with Crippen molar-refractivity contribution in [3.05, 3.63) is 91.4 Å². The van der Waals surface area contributed by atoms with E-state index in [2.05, 4.69) is 48.2 Å². The minimum atomic E-state index is -0.499. The van der Waals surface area contributed by atoms with E-state index in [1.165, 1.54) is 40.3 Å². The summed E-state index contributed by atoms with van der Waals surface area (Å²) in [5.41, 5.74) is 5.99. The molecule has 1 heterocycles. The fourth-order valence-electron chi connectivity index (χ4n) is 2.78. The highest BCUT2D eigenvalue weighted by atomic mass is 35.5. The Balaban J connectivity index is 0.00000300. The van der Waals surface area contributed by atoms with Crippen molar-refractivity contribution < 1.29 is 31.4 Å². The molecule has 0 radical (unpaired) electrons. The van der Waals surface area contributed by atoms with Crippen molar-refractivity contribution in [2.24, 2.45) is 0 Å². The van der Waals surface area contributed by atoms with E-state index in [0.29, 0.717) is 12.0 Å². The van der Waals surface area contributed by atoms with Gasteiger partial charge in [-0.3, -0.25) is 10.1 Å². The van der Waals surface area contributed by atoms with E-state index in [0.717, 1.165) is 12.2 Å². The van der Waals surface area contributed by atoms with Crippen LogP contribution in [0.5, 0.6) is 0 Å². The molecule has 0 aliphatic carbocycles. The Morgan fingerprint density at radius 2 is 1.76 bits per heavy atom. The summed E-state index contributed by atoms with van der Waals surface area (Å²) >= 11 is 1.65. The first kappa shape index (κ1) is 22.5. The molecule has 3 rings (SSSR count). The van der Waals surface area contributed by atoms with Crippen LogP contribution in [-0.2, 0) is 17.7 Å². The third-order valence-corrected chi connectivity index (χ3v) is 5.65. The van der Waals surface area contributed by atoms with Crippen LogP contribution >= 0.6 is 11.3 Å². The number of nitro benzene ring substituents is 1. The first-order valence-corrected chi connectivity index (χ1v) is 9.75. The number of aromatic nitrogens is 1. The van der Waals surface area contributed by atoms with Gasteiger partial charge >= 0.3 is 5.97 Å². The maximum atomic E-state index is 12.1. The SMILES string of the molecule is Cc1ccc(C[n+]2csc(CCOC(=O)c3ccc([N+](=O)[O-])cc3)c2C)cc1.[Cl-]. The van der Waals surface area contributed by atoms with Crippen LogP contribution < -0.4 is 17.0 Å². The van der Waals surface area contributed by atoms with Gasteiger partial charge in [-0.25, -0.2) is 4.79 Å². The Morgan fingerprint density at radius 3 is 2.38 bits per heavy atom. The van der Waals surface area contributed by atoms with Gasteiger partial charge in [-0.2, -0.15) is 4.57 Å². The molecule has 8 heteroatoms. The number of halogens is 1. The van der Waals surface area contributed by atoms with Crippen LogP contribution in [0.2, 0.25) is 0 Å². The zero-order chi connectivity index (χ0) is 20.1. The number of benzene rings is 2. The van der Waals surface area contributed by atoms with Crippen molar-refractivity contribution in [1.82, 2.24) is 0 Å². The summed E-state index contributed by atoms with van der Waals surface area (Å²) in [6.45, 7) is 5.22. The molecule has 3 aromatic rings. The second-order valence-electron chi connectivity index (χ2n) is 6.54.